The quantitative estimate of drug-likeness (QED) is 0.590. The lowest BCUT2D eigenvalue weighted by atomic mass is 9.96. The van der Waals surface area contributed by atoms with Gasteiger partial charge < -0.3 is 14.7 Å². The monoisotopic (exact) mass is 475 g/mol. The Morgan fingerprint density at radius 3 is 2.73 bits per heavy atom. The van der Waals surface area contributed by atoms with Gasteiger partial charge in [0.15, 0.2) is 0 Å². The fourth-order valence-corrected chi connectivity index (χ4v) is 4.67. The number of hydrogen-bond acceptors (Lipinski definition) is 6. The lowest BCUT2D eigenvalue weighted by molar-refractivity contribution is -0.126. The number of likely N-dealkylation sites (tertiary alicyclic amines) is 2. The van der Waals surface area contributed by atoms with Crippen molar-refractivity contribution in [2.45, 2.75) is 38.6 Å². The molecule has 4 rings (SSSR count). The summed E-state index contributed by atoms with van der Waals surface area (Å²) >= 11 is 3.47. The van der Waals surface area contributed by atoms with Crippen molar-refractivity contribution in [1.82, 2.24) is 25.3 Å². The molecule has 30 heavy (non-hydrogen) atoms. The summed E-state index contributed by atoms with van der Waals surface area (Å²) in [4.78, 5) is 21.8. The summed E-state index contributed by atoms with van der Waals surface area (Å²) in [6.45, 7) is 6.71. The van der Waals surface area contributed by atoms with Crippen LogP contribution >= 0.6 is 15.9 Å². The van der Waals surface area contributed by atoms with Crippen LogP contribution in [-0.4, -0.2) is 65.1 Å². The zero-order valence-corrected chi connectivity index (χ0v) is 18.9. The van der Waals surface area contributed by atoms with E-state index < -0.39 is 0 Å². The van der Waals surface area contributed by atoms with Gasteiger partial charge in [0.25, 0.3) is 0 Å². The van der Waals surface area contributed by atoms with E-state index in [9.17, 15) is 4.79 Å². The fraction of sp³-hybridized carbons (Fsp3) is 0.591. The zero-order valence-electron chi connectivity index (χ0n) is 17.4. The van der Waals surface area contributed by atoms with E-state index in [1.54, 1.807) is 0 Å². The Balaban J connectivity index is 1.17. The first-order valence-electron chi connectivity index (χ1n) is 11.0. The molecular weight excluding hydrogens is 446 g/mol. The number of amides is 1. The molecule has 8 heteroatoms. The molecule has 2 aliphatic rings. The van der Waals surface area contributed by atoms with Crippen LogP contribution in [0.15, 0.2) is 33.3 Å². The van der Waals surface area contributed by atoms with E-state index in [-0.39, 0.29) is 11.8 Å². The summed E-state index contributed by atoms with van der Waals surface area (Å²) in [6, 6.07) is 7.87. The minimum Gasteiger partial charge on any atom is -0.356 e. The van der Waals surface area contributed by atoms with Gasteiger partial charge in [-0.2, -0.15) is 4.98 Å². The maximum atomic E-state index is 12.5. The average Bonchev–Trinajstić information content (AvgIpc) is 3.44. The standard InChI is InChI=1S/C22H30BrN5O2/c23-19-6-3-5-18(15-19)21-25-20(30-26-21)16-28-13-7-17(8-14-28)22(29)24-9-4-12-27-10-1-2-11-27/h3,5-6,15,17H,1-2,4,7-14,16H2,(H,24,29). The molecule has 0 atom stereocenters. The minimum atomic E-state index is 0.118. The van der Waals surface area contributed by atoms with E-state index in [0.717, 1.165) is 55.5 Å². The lowest BCUT2D eigenvalue weighted by Crippen LogP contribution is -2.40. The second-order valence-electron chi connectivity index (χ2n) is 8.27. The maximum Gasteiger partial charge on any atom is 0.241 e. The number of nitrogens with one attached hydrogen (secondary N) is 1. The van der Waals surface area contributed by atoms with Crippen molar-refractivity contribution in [3.05, 3.63) is 34.6 Å². The van der Waals surface area contributed by atoms with E-state index >= 15 is 0 Å². The molecule has 2 aliphatic heterocycles. The molecular formula is C22H30BrN5O2. The summed E-state index contributed by atoms with van der Waals surface area (Å²) < 4.78 is 6.43. The molecule has 2 fully saturated rings. The Labute approximate surface area is 186 Å². The maximum absolute atomic E-state index is 12.5. The van der Waals surface area contributed by atoms with Crippen molar-refractivity contribution in [3.8, 4) is 11.4 Å². The molecule has 2 aromatic rings. The molecule has 162 valence electrons. The largest absolute Gasteiger partial charge is 0.356 e. The third-order valence-electron chi connectivity index (χ3n) is 6.02. The Bertz CT molecular complexity index is 828. The van der Waals surface area contributed by atoms with Gasteiger partial charge >= 0.3 is 0 Å². The molecule has 1 aromatic carbocycles. The van der Waals surface area contributed by atoms with Gasteiger partial charge in [-0.15, -0.1) is 0 Å². The molecule has 1 aromatic heterocycles. The van der Waals surface area contributed by atoms with Crippen molar-refractivity contribution in [2.75, 3.05) is 39.3 Å². The number of piperidine rings is 1. The number of aromatic nitrogens is 2. The van der Waals surface area contributed by atoms with Crippen LogP contribution in [-0.2, 0) is 11.3 Å². The topological polar surface area (TPSA) is 74.5 Å². The summed E-state index contributed by atoms with van der Waals surface area (Å²) in [7, 11) is 0. The Morgan fingerprint density at radius 2 is 1.97 bits per heavy atom. The molecule has 2 saturated heterocycles. The van der Waals surface area contributed by atoms with Crippen LogP contribution in [0.5, 0.6) is 0 Å². The number of hydrogen-bond donors (Lipinski definition) is 1. The highest BCUT2D eigenvalue weighted by Gasteiger charge is 2.26. The predicted octanol–water partition coefficient (Wildman–Crippen LogP) is 3.31. The van der Waals surface area contributed by atoms with Crippen molar-refractivity contribution >= 4 is 21.8 Å². The van der Waals surface area contributed by atoms with Gasteiger partial charge in [0.2, 0.25) is 17.6 Å². The highest BCUT2D eigenvalue weighted by Crippen LogP contribution is 2.22. The summed E-state index contributed by atoms with van der Waals surface area (Å²) in [5, 5.41) is 7.24. The van der Waals surface area contributed by atoms with Crippen LogP contribution in [0, 0.1) is 5.92 Å². The molecule has 0 radical (unpaired) electrons. The van der Waals surface area contributed by atoms with Crippen molar-refractivity contribution < 1.29 is 9.32 Å². The lowest BCUT2D eigenvalue weighted by Gasteiger charge is -2.30. The second kappa shape index (κ2) is 10.5. The number of benzene rings is 1. The molecule has 3 heterocycles. The van der Waals surface area contributed by atoms with Gasteiger partial charge in [-0.3, -0.25) is 9.69 Å². The number of nitrogens with zero attached hydrogens (tertiary/aromatic N) is 4. The molecule has 0 spiro atoms. The van der Waals surface area contributed by atoms with E-state index in [1.807, 2.05) is 24.3 Å². The summed E-state index contributed by atoms with van der Waals surface area (Å²) in [5.41, 5.74) is 0.930. The molecule has 0 saturated carbocycles. The summed E-state index contributed by atoms with van der Waals surface area (Å²) in [6.07, 6.45) is 5.44. The first-order valence-corrected chi connectivity index (χ1v) is 11.8. The smallest absolute Gasteiger partial charge is 0.241 e. The summed E-state index contributed by atoms with van der Waals surface area (Å²) in [5.74, 6) is 1.56. The fourth-order valence-electron chi connectivity index (χ4n) is 4.27. The van der Waals surface area contributed by atoms with Crippen LogP contribution in [0.2, 0.25) is 0 Å². The van der Waals surface area contributed by atoms with Gasteiger partial charge in [-0.05, 0) is 77.0 Å². The van der Waals surface area contributed by atoms with Crippen LogP contribution in [0.3, 0.4) is 0 Å². The first-order chi connectivity index (χ1) is 14.7. The van der Waals surface area contributed by atoms with Gasteiger partial charge in [0.05, 0.1) is 6.54 Å². The van der Waals surface area contributed by atoms with Crippen molar-refractivity contribution in [3.63, 3.8) is 0 Å². The van der Waals surface area contributed by atoms with E-state index in [1.165, 1.54) is 25.9 Å². The number of carbonyl (C=O) groups is 1. The molecule has 1 amide bonds. The van der Waals surface area contributed by atoms with Crippen LogP contribution in [0.4, 0.5) is 0 Å². The number of carbonyl (C=O) groups excluding carboxylic acids is 1. The van der Waals surface area contributed by atoms with E-state index in [2.05, 4.69) is 41.2 Å². The molecule has 0 unspecified atom stereocenters. The normalized spacial score (nSPS) is 18.7. The SMILES string of the molecule is O=C(NCCCN1CCCC1)C1CCN(Cc2nc(-c3cccc(Br)c3)no2)CC1. The Hall–Kier alpha value is -1.77. The minimum absolute atomic E-state index is 0.118. The third-order valence-corrected chi connectivity index (χ3v) is 6.51. The van der Waals surface area contributed by atoms with E-state index in [4.69, 9.17) is 4.52 Å². The highest BCUT2D eigenvalue weighted by atomic mass is 79.9. The van der Waals surface area contributed by atoms with Crippen LogP contribution < -0.4 is 5.32 Å². The van der Waals surface area contributed by atoms with Gasteiger partial charge in [0, 0.05) is 22.5 Å². The van der Waals surface area contributed by atoms with Gasteiger partial charge in [-0.1, -0.05) is 33.2 Å². The van der Waals surface area contributed by atoms with Crippen LogP contribution in [0.25, 0.3) is 11.4 Å². The number of rotatable bonds is 8. The Morgan fingerprint density at radius 1 is 1.17 bits per heavy atom. The van der Waals surface area contributed by atoms with E-state index in [0.29, 0.717) is 18.3 Å². The second-order valence-corrected chi connectivity index (χ2v) is 9.18. The highest BCUT2D eigenvalue weighted by molar-refractivity contribution is 9.10. The third kappa shape index (κ3) is 5.89. The van der Waals surface area contributed by atoms with Gasteiger partial charge in [-0.25, -0.2) is 0 Å². The van der Waals surface area contributed by atoms with Crippen molar-refractivity contribution in [2.24, 2.45) is 5.92 Å². The van der Waals surface area contributed by atoms with Crippen molar-refractivity contribution in [1.29, 1.82) is 0 Å². The number of halogens is 1. The van der Waals surface area contributed by atoms with Crippen LogP contribution in [0.1, 0.15) is 38.0 Å². The average molecular weight is 476 g/mol. The molecule has 7 nitrogen and oxygen atoms in total. The zero-order chi connectivity index (χ0) is 20.8. The first kappa shape index (κ1) is 21.5. The van der Waals surface area contributed by atoms with Gasteiger partial charge in [0.1, 0.15) is 0 Å². The molecule has 0 bridgehead atoms. The molecule has 1 N–H and O–H groups in total. The predicted molar refractivity (Wildman–Crippen MR) is 119 cm³/mol. The molecule has 0 aliphatic carbocycles. The Kier molecular flexibility index (Phi) is 7.52.